The Hall–Kier alpha value is -2.29. The Bertz CT molecular complexity index is 708. The largest absolute Gasteiger partial charge is 0.264 e. The van der Waals surface area contributed by atoms with Crippen LogP contribution in [0.5, 0.6) is 0 Å². The van der Waals surface area contributed by atoms with Crippen molar-refractivity contribution in [3.63, 3.8) is 0 Å². The summed E-state index contributed by atoms with van der Waals surface area (Å²) in [5, 5.41) is 1.06. The lowest BCUT2D eigenvalue weighted by Crippen LogP contribution is -1.94. The predicted octanol–water partition coefficient (Wildman–Crippen LogP) is 3.00. The van der Waals surface area contributed by atoms with Crippen molar-refractivity contribution in [1.82, 2.24) is 15.0 Å². The Labute approximate surface area is 101 Å². The van der Waals surface area contributed by atoms with Gasteiger partial charge in [0.25, 0.3) is 0 Å². The SMILES string of the molecule is [2H]c1ccc(-c2nc(C)c3ccccc3n2)cn1. The van der Waals surface area contributed by atoms with Crippen LogP contribution in [0.3, 0.4) is 0 Å². The van der Waals surface area contributed by atoms with Gasteiger partial charge in [-0.2, -0.15) is 0 Å². The first-order valence-corrected chi connectivity index (χ1v) is 5.40. The fourth-order valence-electron chi connectivity index (χ4n) is 1.82. The Morgan fingerprint density at radius 3 is 2.76 bits per heavy atom. The van der Waals surface area contributed by atoms with Crippen molar-refractivity contribution in [2.24, 2.45) is 0 Å². The van der Waals surface area contributed by atoms with E-state index in [0.717, 1.165) is 22.2 Å². The minimum absolute atomic E-state index is 0.247. The molecule has 0 saturated heterocycles. The fraction of sp³-hybridized carbons (Fsp3) is 0.0714. The van der Waals surface area contributed by atoms with E-state index in [4.69, 9.17) is 1.37 Å². The van der Waals surface area contributed by atoms with Gasteiger partial charge in [0.15, 0.2) is 5.82 Å². The molecule has 1 aromatic carbocycles. The zero-order chi connectivity index (χ0) is 12.5. The number of benzene rings is 1. The number of aromatic nitrogens is 3. The van der Waals surface area contributed by atoms with Crippen molar-refractivity contribution in [3.8, 4) is 11.4 Å². The number of pyridine rings is 1. The van der Waals surface area contributed by atoms with Crippen LogP contribution in [0.15, 0.2) is 48.8 Å². The third-order valence-corrected chi connectivity index (χ3v) is 2.67. The zero-order valence-corrected chi connectivity index (χ0v) is 9.38. The lowest BCUT2D eigenvalue weighted by atomic mass is 10.2. The third-order valence-electron chi connectivity index (χ3n) is 2.67. The van der Waals surface area contributed by atoms with Gasteiger partial charge in [0, 0.05) is 29.0 Å². The van der Waals surface area contributed by atoms with E-state index >= 15 is 0 Å². The van der Waals surface area contributed by atoms with Crippen molar-refractivity contribution in [1.29, 1.82) is 0 Å². The van der Waals surface area contributed by atoms with Crippen LogP contribution < -0.4 is 0 Å². The van der Waals surface area contributed by atoms with Gasteiger partial charge in [-0.25, -0.2) is 9.97 Å². The monoisotopic (exact) mass is 222 g/mol. The molecule has 0 amide bonds. The average molecular weight is 222 g/mol. The van der Waals surface area contributed by atoms with Gasteiger partial charge < -0.3 is 0 Å². The first-order valence-electron chi connectivity index (χ1n) is 5.90. The van der Waals surface area contributed by atoms with Gasteiger partial charge in [0.05, 0.1) is 6.89 Å². The van der Waals surface area contributed by atoms with Crippen LogP contribution in [0.25, 0.3) is 22.3 Å². The Morgan fingerprint density at radius 2 is 1.94 bits per heavy atom. The van der Waals surface area contributed by atoms with E-state index in [0.29, 0.717) is 5.82 Å². The Morgan fingerprint density at radius 1 is 1.06 bits per heavy atom. The summed E-state index contributed by atoms with van der Waals surface area (Å²) in [5.41, 5.74) is 2.71. The van der Waals surface area contributed by atoms with Crippen LogP contribution in [0.1, 0.15) is 7.06 Å². The van der Waals surface area contributed by atoms with Crippen molar-refractivity contribution in [3.05, 3.63) is 54.5 Å². The van der Waals surface area contributed by atoms with E-state index in [1.165, 1.54) is 0 Å². The minimum atomic E-state index is 0.247. The van der Waals surface area contributed by atoms with E-state index in [1.54, 1.807) is 12.3 Å². The molecule has 0 unspecified atom stereocenters. The maximum absolute atomic E-state index is 7.38. The van der Waals surface area contributed by atoms with Gasteiger partial charge in [-0.1, -0.05) is 18.2 Å². The molecule has 3 nitrogen and oxygen atoms in total. The highest BCUT2D eigenvalue weighted by Gasteiger charge is 2.05. The molecule has 0 aliphatic heterocycles. The molecule has 3 aromatic rings. The van der Waals surface area contributed by atoms with Crippen molar-refractivity contribution < 1.29 is 1.37 Å². The highest BCUT2D eigenvalue weighted by molar-refractivity contribution is 5.82. The lowest BCUT2D eigenvalue weighted by Gasteiger charge is -2.04. The van der Waals surface area contributed by atoms with E-state index in [9.17, 15) is 0 Å². The summed E-state index contributed by atoms with van der Waals surface area (Å²) in [6, 6.07) is 11.4. The third kappa shape index (κ3) is 1.76. The van der Waals surface area contributed by atoms with Gasteiger partial charge in [0.1, 0.15) is 0 Å². The second-order valence-corrected chi connectivity index (χ2v) is 3.83. The predicted molar refractivity (Wildman–Crippen MR) is 67.5 cm³/mol. The van der Waals surface area contributed by atoms with E-state index in [-0.39, 0.29) is 6.17 Å². The molecule has 0 saturated carbocycles. The summed E-state index contributed by atoms with van der Waals surface area (Å²) in [6.07, 6.45) is 1.88. The van der Waals surface area contributed by atoms with Gasteiger partial charge in [0.2, 0.25) is 0 Å². The quantitative estimate of drug-likeness (QED) is 0.635. The molecule has 17 heavy (non-hydrogen) atoms. The standard InChI is InChI=1S/C14H11N3/c1-10-12-6-2-3-7-13(12)17-14(16-10)11-5-4-8-15-9-11/h2-9H,1H3/i8D. The lowest BCUT2D eigenvalue weighted by molar-refractivity contribution is 1.15. The van der Waals surface area contributed by atoms with Gasteiger partial charge >= 0.3 is 0 Å². The highest BCUT2D eigenvalue weighted by Crippen LogP contribution is 2.20. The summed E-state index contributed by atoms with van der Waals surface area (Å²) in [4.78, 5) is 13.0. The van der Waals surface area contributed by atoms with Crippen LogP contribution in [0, 0.1) is 6.92 Å². The molecular formula is C14H11N3. The summed E-state index contributed by atoms with van der Waals surface area (Å²) in [7, 11) is 0. The topological polar surface area (TPSA) is 38.7 Å². The summed E-state index contributed by atoms with van der Waals surface area (Å²) < 4.78 is 7.38. The fourth-order valence-corrected chi connectivity index (χ4v) is 1.82. The Balaban J connectivity index is 2.21. The maximum atomic E-state index is 7.38. The van der Waals surface area contributed by atoms with Crippen LogP contribution >= 0.6 is 0 Å². The van der Waals surface area contributed by atoms with Crippen LogP contribution in [-0.2, 0) is 0 Å². The molecule has 0 atom stereocenters. The molecule has 0 spiro atoms. The molecule has 0 bridgehead atoms. The van der Waals surface area contributed by atoms with E-state index in [2.05, 4.69) is 15.0 Å². The number of nitrogens with zero attached hydrogens (tertiary/aromatic N) is 3. The molecule has 0 aliphatic rings. The summed E-state index contributed by atoms with van der Waals surface area (Å²) in [6.45, 7) is 1.97. The molecule has 2 heterocycles. The number of rotatable bonds is 1. The zero-order valence-electron chi connectivity index (χ0n) is 10.4. The van der Waals surface area contributed by atoms with Crippen molar-refractivity contribution in [2.45, 2.75) is 6.92 Å². The second-order valence-electron chi connectivity index (χ2n) is 3.83. The molecule has 0 aliphatic carbocycles. The number of hydrogen-bond acceptors (Lipinski definition) is 3. The van der Waals surface area contributed by atoms with Crippen LogP contribution in [-0.4, -0.2) is 15.0 Å². The molecule has 0 fully saturated rings. The number of para-hydroxylation sites is 1. The summed E-state index contributed by atoms with van der Waals surface area (Å²) >= 11 is 0. The van der Waals surface area contributed by atoms with Crippen LogP contribution in [0.4, 0.5) is 0 Å². The molecule has 3 rings (SSSR count). The molecule has 82 valence electrons. The van der Waals surface area contributed by atoms with Gasteiger partial charge in [-0.15, -0.1) is 0 Å². The highest BCUT2D eigenvalue weighted by atomic mass is 14.9. The number of fused-ring (bicyclic) bond motifs is 1. The summed E-state index contributed by atoms with van der Waals surface area (Å²) in [5.74, 6) is 0.652. The smallest absolute Gasteiger partial charge is 0.161 e. The van der Waals surface area contributed by atoms with Crippen LogP contribution in [0.2, 0.25) is 0 Å². The van der Waals surface area contributed by atoms with Crippen molar-refractivity contribution >= 4 is 10.9 Å². The average Bonchev–Trinajstić information content (AvgIpc) is 2.39. The van der Waals surface area contributed by atoms with Gasteiger partial charge in [-0.3, -0.25) is 4.98 Å². The second kappa shape index (κ2) is 3.94. The van der Waals surface area contributed by atoms with E-state index in [1.807, 2.05) is 37.3 Å². The molecular weight excluding hydrogens is 210 g/mol. The molecule has 2 aromatic heterocycles. The first kappa shape index (κ1) is 8.82. The molecule has 3 heteroatoms. The number of aryl methyl sites for hydroxylation is 1. The molecule has 0 radical (unpaired) electrons. The normalized spacial score (nSPS) is 11.5. The van der Waals surface area contributed by atoms with Crippen molar-refractivity contribution in [2.75, 3.05) is 0 Å². The Kier molecular flexibility index (Phi) is 2.04. The van der Waals surface area contributed by atoms with Gasteiger partial charge in [-0.05, 0) is 25.1 Å². The van der Waals surface area contributed by atoms with E-state index < -0.39 is 0 Å². The molecule has 0 N–H and O–H groups in total. The minimum Gasteiger partial charge on any atom is -0.264 e. The number of hydrogen-bond donors (Lipinski definition) is 0. The first-order chi connectivity index (χ1) is 8.74. The maximum Gasteiger partial charge on any atom is 0.161 e.